The Hall–Kier alpha value is -3.68. The van der Waals surface area contributed by atoms with Crippen molar-refractivity contribution in [3.63, 3.8) is 0 Å². The molecule has 0 saturated carbocycles. The van der Waals surface area contributed by atoms with Crippen LogP contribution >= 0.6 is 0 Å². The molecule has 1 aliphatic rings. The molecule has 31 heavy (non-hydrogen) atoms. The molecule has 8 heteroatoms. The Morgan fingerprint density at radius 3 is 2.87 bits per heavy atom. The summed E-state index contributed by atoms with van der Waals surface area (Å²) >= 11 is 0. The number of pyridine rings is 2. The Kier molecular flexibility index (Phi) is 4.50. The summed E-state index contributed by atoms with van der Waals surface area (Å²) in [6.07, 6.45) is 3.68. The lowest BCUT2D eigenvalue weighted by molar-refractivity contribution is 0.0676. The first-order valence-corrected chi connectivity index (χ1v) is 10.4. The summed E-state index contributed by atoms with van der Waals surface area (Å²) in [4.78, 5) is 38.8. The van der Waals surface area contributed by atoms with E-state index in [2.05, 4.69) is 39.0 Å². The molecule has 1 aliphatic heterocycles. The number of fused-ring (bicyclic) bond motifs is 2. The lowest BCUT2D eigenvalue weighted by Gasteiger charge is -2.41. The van der Waals surface area contributed by atoms with Gasteiger partial charge in [-0.05, 0) is 32.0 Å². The lowest BCUT2D eigenvalue weighted by Crippen LogP contribution is -2.54. The van der Waals surface area contributed by atoms with E-state index in [1.807, 2.05) is 36.4 Å². The van der Waals surface area contributed by atoms with Gasteiger partial charge in [0.15, 0.2) is 5.65 Å². The number of rotatable bonds is 2. The third-order valence-electron chi connectivity index (χ3n) is 6.06. The minimum atomic E-state index is -0.288. The number of benzene rings is 1. The van der Waals surface area contributed by atoms with Crippen LogP contribution in [0.2, 0.25) is 0 Å². The van der Waals surface area contributed by atoms with Gasteiger partial charge in [0.2, 0.25) is 0 Å². The van der Waals surface area contributed by atoms with Gasteiger partial charge in [-0.25, -0.2) is 4.98 Å². The average molecular weight is 416 g/mol. The summed E-state index contributed by atoms with van der Waals surface area (Å²) < 4.78 is 1.57. The van der Waals surface area contributed by atoms with Crippen LogP contribution in [0, 0.1) is 6.92 Å². The number of amides is 1. The quantitative estimate of drug-likeness (QED) is 0.542. The minimum absolute atomic E-state index is 0.00958. The number of nitrogens with zero attached hydrogens (tertiary/aromatic N) is 5. The minimum Gasteiger partial charge on any atom is -0.367 e. The molecule has 0 radical (unpaired) electrons. The van der Waals surface area contributed by atoms with Crippen LogP contribution in [0.3, 0.4) is 0 Å². The van der Waals surface area contributed by atoms with Gasteiger partial charge >= 0.3 is 0 Å². The second kappa shape index (κ2) is 7.23. The lowest BCUT2D eigenvalue weighted by atomic mass is 10.1. The number of anilines is 1. The van der Waals surface area contributed by atoms with Gasteiger partial charge in [-0.15, -0.1) is 0 Å². The fraction of sp³-hybridized carbons (Fsp3) is 0.304. The third-order valence-corrected chi connectivity index (χ3v) is 6.06. The van der Waals surface area contributed by atoms with Gasteiger partial charge in [-0.3, -0.25) is 24.4 Å². The second-order valence-electron chi connectivity index (χ2n) is 8.18. The molecule has 0 bridgehead atoms. The summed E-state index contributed by atoms with van der Waals surface area (Å²) in [6.45, 7) is 5.90. The Labute approximate surface area is 179 Å². The molecule has 1 atom stereocenters. The number of piperazine rings is 1. The molecule has 3 aromatic heterocycles. The number of aromatic amines is 1. The van der Waals surface area contributed by atoms with E-state index in [9.17, 15) is 9.59 Å². The van der Waals surface area contributed by atoms with Crippen molar-refractivity contribution >= 4 is 33.4 Å². The zero-order chi connectivity index (χ0) is 21.7. The number of hydrogen-bond acceptors (Lipinski definition) is 5. The van der Waals surface area contributed by atoms with Crippen molar-refractivity contribution in [3.05, 3.63) is 64.3 Å². The Balaban J connectivity index is 1.46. The van der Waals surface area contributed by atoms with E-state index >= 15 is 0 Å². The van der Waals surface area contributed by atoms with Crippen molar-refractivity contribution in [3.8, 4) is 0 Å². The first-order valence-electron chi connectivity index (χ1n) is 10.4. The molecular formula is C23H24N6O2. The summed E-state index contributed by atoms with van der Waals surface area (Å²) in [5.41, 5.74) is 2.50. The van der Waals surface area contributed by atoms with Crippen LogP contribution in [0.4, 0.5) is 5.69 Å². The second-order valence-corrected chi connectivity index (χ2v) is 8.18. The molecule has 1 fully saturated rings. The molecule has 0 spiro atoms. The highest BCUT2D eigenvalue weighted by Crippen LogP contribution is 2.29. The van der Waals surface area contributed by atoms with Crippen LogP contribution < -0.4 is 10.5 Å². The zero-order valence-corrected chi connectivity index (χ0v) is 17.8. The molecular weight excluding hydrogens is 392 g/mol. The maximum atomic E-state index is 13.5. The monoisotopic (exact) mass is 416 g/mol. The predicted molar refractivity (Wildman–Crippen MR) is 121 cm³/mol. The van der Waals surface area contributed by atoms with Gasteiger partial charge in [0, 0.05) is 67.3 Å². The van der Waals surface area contributed by atoms with E-state index in [-0.39, 0.29) is 17.5 Å². The Morgan fingerprint density at radius 1 is 1.23 bits per heavy atom. The Morgan fingerprint density at radius 2 is 2.06 bits per heavy atom. The number of H-pyrrole nitrogens is 1. The van der Waals surface area contributed by atoms with Crippen LogP contribution in [-0.2, 0) is 7.05 Å². The number of carbonyl (C=O) groups excluding carboxylic acids is 1. The number of carbonyl (C=O) groups is 1. The fourth-order valence-corrected chi connectivity index (χ4v) is 4.57. The van der Waals surface area contributed by atoms with E-state index < -0.39 is 0 Å². The number of aromatic nitrogens is 4. The largest absolute Gasteiger partial charge is 0.367 e. The molecule has 1 aromatic carbocycles. The van der Waals surface area contributed by atoms with E-state index in [1.165, 1.54) is 0 Å². The smallest absolute Gasteiger partial charge is 0.274 e. The molecule has 5 rings (SSSR count). The fourth-order valence-electron chi connectivity index (χ4n) is 4.57. The number of nitrogens with one attached hydrogen (secondary N) is 1. The molecule has 4 aromatic rings. The first kappa shape index (κ1) is 19.3. The normalized spacial score (nSPS) is 16.9. The van der Waals surface area contributed by atoms with Crippen LogP contribution in [0.15, 0.2) is 47.5 Å². The molecule has 0 aliphatic carbocycles. The molecule has 1 unspecified atom stereocenters. The first-order chi connectivity index (χ1) is 14.9. The van der Waals surface area contributed by atoms with Crippen LogP contribution in [-0.4, -0.2) is 56.2 Å². The molecule has 1 N–H and O–H groups in total. The molecule has 4 heterocycles. The predicted octanol–water partition coefficient (Wildman–Crippen LogP) is 2.47. The van der Waals surface area contributed by atoms with Gasteiger partial charge in [0.25, 0.3) is 11.5 Å². The van der Waals surface area contributed by atoms with Crippen molar-refractivity contribution < 1.29 is 4.79 Å². The van der Waals surface area contributed by atoms with Gasteiger partial charge in [0.05, 0.1) is 10.9 Å². The summed E-state index contributed by atoms with van der Waals surface area (Å²) in [6, 6.07) is 9.96. The van der Waals surface area contributed by atoms with Crippen molar-refractivity contribution in [2.24, 2.45) is 7.05 Å². The van der Waals surface area contributed by atoms with Crippen molar-refractivity contribution in [2.75, 3.05) is 24.5 Å². The van der Waals surface area contributed by atoms with Crippen LogP contribution in [0.25, 0.3) is 21.8 Å². The molecule has 158 valence electrons. The SMILES string of the molecule is Cc1cc(C(=O)N2CCN(c3cccc4cnccc34)CC2C)c2c(=O)[nH]n(C)c2n1. The van der Waals surface area contributed by atoms with E-state index in [4.69, 9.17) is 0 Å². The number of aryl methyl sites for hydroxylation is 2. The van der Waals surface area contributed by atoms with E-state index in [1.54, 1.807) is 17.8 Å². The van der Waals surface area contributed by atoms with Gasteiger partial charge < -0.3 is 9.80 Å². The highest BCUT2D eigenvalue weighted by Gasteiger charge is 2.31. The van der Waals surface area contributed by atoms with E-state index in [0.29, 0.717) is 35.4 Å². The zero-order valence-electron chi connectivity index (χ0n) is 17.8. The summed E-state index contributed by atoms with van der Waals surface area (Å²) in [5.74, 6) is -0.124. The van der Waals surface area contributed by atoms with E-state index in [0.717, 1.165) is 23.0 Å². The van der Waals surface area contributed by atoms with Gasteiger partial charge in [-0.1, -0.05) is 12.1 Å². The standard InChI is InChI=1S/C23H24N6O2/c1-14-11-18(20-21(25-14)27(3)26-22(20)30)23(31)29-10-9-28(13-15(29)2)19-6-4-5-16-12-24-8-7-17(16)19/h4-8,11-12,15H,9-10,13H2,1-3H3,(H,26,30). The van der Waals surface area contributed by atoms with Gasteiger partial charge in [-0.2, -0.15) is 0 Å². The highest BCUT2D eigenvalue weighted by atomic mass is 16.2. The molecule has 8 nitrogen and oxygen atoms in total. The Bertz CT molecular complexity index is 1370. The maximum Gasteiger partial charge on any atom is 0.274 e. The average Bonchev–Trinajstić information content (AvgIpc) is 3.05. The third kappa shape index (κ3) is 3.15. The van der Waals surface area contributed by atoms with Crippen molar-refractivity contribution in [2.45, 2.75) is 19.9 Å². The van der Waals surface area contributed by atoms with Gasteiger partial charge in [0.1, 0.15) is 0 Å². The maximum absolute atomic E-state index is 13.5. The van der Waals surface area contributed by atoms with Crippen molar-refractivity contribution in [1.29, 1.82) is 0 Å². The molecule has 1 amide bonds. The van der Waals surface area contributed by atoms with Crippen molar-refractivity contribution in [1.82, 2.24) is 24.6 Å². The summed E-state index contributed by atoms with van der Waals surface area (Å²) in [5, 5.41) is 5.33. The summed E-state index contributed by atoms with van der Waals surface area (Å²) in [7, 11) is 1.73. The molecule has 1 saturated heterocycles. The van der Waals surface area contributed by atoms with Crippen LogP contribution in [0.1, 0.15) is 23.0 Å². The highest BCUT2D eigenvalue weighted by molar-refractivity contribution is 6.05. The number of hydrogen-bond donors (Lipinski definition) is 1. The van der Waals surface area contributed by atoms with Crippen LogP contribution in [0.5, 0.6) is 0 Å². The topological polar surface area (TPSA) is 87.1 Å².